The predicted molar refractivity (Wildman–Crippen MR) is 93.4 cm³/mol. The highest BCUT2D eigenvalue weighted by molar-refractivity contribution is 6.30. The maximum atomic E-state index is 6.11. The lowest BCUT2D eigenvalue weighted by molar-refractivity contribution is 0.552. The van der Waals surface area contributed by atoms with Gasteiger partial charge in [-0.05, 0) is 49.9 Å². The van der Waals surface area contributed by atoms with E-state index in [0.717, 1.165) is 35.1 Å². The highest BCUT2D eigenvalue weighted by atomic mass is 35.5. The molecule has 3 nitrogen and oxygen atoms in total. The molecule has 1 aromatic carbocycles. The maximum Gasteiger partial charge on any atom is 0.133 e. The van der Waals surface area contributed by atoms with Gasteiger partial charge < -0.3 is 5.32 Å². The Morgan fingerprint density at radius 3 is 2.68 bits per heavy atom. The van der Waals surface area contributed by atoms with Crippen LogP contribution in [0.2, 0.25) is 5.02 Å². The van der Waals surface area contributed by atoms with Crippen molar-refractivity contribution in [2.24, 2.45) is 0 Å². The van der Waals surface area contributed by atoms with Gasteiger partial charge in [0.05, 0.1) is 11.4 Å². The van der Waals surface area contributed by atoms with Crippen LogP contribution < -0.4 is 5.32 Å². The molecule has 2 aromatic rings. The van der Waals surface area contributed by atoms with Crippen molar-refractivity contribution in [2.45, 2.75) is 52.4 Å². The molecule has 3 rings (SSSR count). The van der Waals surface area contributed by atoms with Crippen molar-refractivity contribution in [1.29, 1.82) is 0 Å². The summed E-state index contributed by atoms with van der Waals surface area (Å²) in [7, 11) is 0. The summed E-state index contributed by atoms with van der Waals surface area (Å²) >= 11 is 6.11. The van der Waals surface area contributed by atoms with Gasteiger partial charge in [0.2, 0.25) is 0 Å². The number of hydrogen-bond donors (Lipinski definition) is 1. The number of fused-ring (bicyclic) bond motifs is 1. The van der Waals surface area contributed by atoms with Gasteiger partial charge in [0, 0.05) is 22.5 Å². The van der Waals surface area contributed by atoms with Crippen molar-refractivity contribution in [3.8, 4) is 5.69 Å². The summed E-state index contributed by atoms with van der Waals surface area (Å²) < 4.78 is 2.08. The van der Waals surface area contributed by atoms with Crippen molar-refractivity contribution in [3.05, 3.63) is 40.0 Å². The zero-order valence-electron chi connectivity index (χ0n) is 13.8. The van der Waals surface area contributed by atoms with Crippen molar-refractivity contribution >= 4 is 17.4 Å². The topological polar surface area (TPSA) is 29.9 Å². The predicted octanol–water partition coefficient (Wildman–Crippen LogP) is 4.88. The number of halogens is 1. The molecule has 0 bridgehead atoms. The third-order valence-corrected chi connectivity index (χ3v) is 4.46. The van der Waals surface area contributed by atoms with Gasteiger partial charge in [0.1, 0.15) is 5.82 Å². The molecule has 0 unspecified atom stereocenters. The normalized spacial score (nSPS) is 15.1. The number of rotatable bonds is 1. The summed E-state index contributed by atoms with van der Waals surface area (Å²) in [5, 5.41) is 9.34. The third kappa shape index (κ3) is 2.74. The molecule has 0 atom stereocenters. The van der Waals surface area contributed by atoms with Gasteiger partial charge >= 0.3 is 0 Å². The van der Waals surface area contributed by atoms with Crippen LogP contribution >= 0.6 is 11.6 Å². The van der Waals surface area contributed by atoms with Crippen LogP contribution in [0.4, 0.5) is 5.82 Å². The van der Waals surface area contributed by atoms with E-state index in [1.165, 1.54) is 24.1 Å². The summed E-state index contributed by atoms with van der Waals surface area (Å²) in [6.07, 6.45) is 3.52. The van der Waals surface area contributed by atoms with Crippen LogP contribution in [-0.4, -0.2) is 16.3 Å². The smallest absolute Gasteiger partial charge is 0.133 e. The van der Waals surface area contributed by atoms with Gasteiger partial charge in [-0.25, -0.2) is 4.68 Å². The molecular formula is C18H24ClN3. The first-order valence-corrected chi connectivity index (χ1v) is 8.38. The van der Waals surface area contributed by atoms with E-state index in [4.69, 9.17) is 16.7 Å². The Morgan fingerprint density at radius 1 is 1.23 bits per heavy atom. The second kappa shape index (κ2) is 5.62. The quantitative estimate of drug-likeness (QED) is 0.812. The number of nitrogens with one attached hydrogen (secondary N) is 1. The fourth-order valence-electron chi connectivity index (χ4n) is 3.14. The zero-order chi connectivity index (χ0) is 15.9. The van der Waals surface area contributed by atoms with Gasteiger partial charge in [-0.3, -0.25) is 0 Å². The lowest BCUT2D eigenvalue weighted by atomic mass is 9.88. The van der Waals surface area contributed by atoms with Crippen LogP contribution in [0.15, 0.2) is 18.2 Å². The lowest BCUT2D eigenvalue weighted by Crippen LogP contribution is -2.15. The third-order valence-electron chi connectivity index (χ3n) is 4.23. The monoisotopic (exact) mass is 317 g/mol. The zero-order valence-corrected chi connectivity index (χ0v) is 14.6. The van der Waals surface area contributed by atoms with Gasteiger partial charge in [-0.2, -0.15) is 5.10 Å². The van der Waals surface area contributed by atoms with Crippen LogP contribution in [0.25, 0.3) is 5.69 Å². The Balaban J connectivity index is 2.21. The molecule has 1 aromatic heterocycles. The van der Waals surface area contributed by atoms with Gasteiger partial charge in [-0.1, -0.05) is 32.4 Å². The number of aromatic nitrogens is 2. The van der Waals surface area contributed by atoms with E-state index in [9.17, 15) is 0 Å². The standard InChI is InChI=1S/C18H24ClN3/c1-12-11-13(19)8-9-15(12)22-17-14(7-5-6-10-20-17)16(21-22)18(2,3)4/h8-9,11,20H,5-7,10H2,1-4H3. The summed E-state index contributed by atoms with van der Waals surface area (Å²) in [5.41, 5.74) is 4.86. The van der Waals surface area contributed by atoms with E-state index in [1.807, 2.05) is 12.1 Å². The number of aryl methyl sites for hydroxylation is 1. The summed E-state index contributed by atoms with van der Waals surface area (Å²) in [5.74, 6) is 1.16. The first-order valence-electron chi connectivity index (χ1n) is 8.00. The second-order valence-electron chi connectivity index (χ2n) is 7.15. The van der Waals surface area contributed by atoms with E-state index in [0.29, 0.717) is 0 Å². The molecule has 0 radical (unpaired) electrons. The van der Waals surface area contributed by atoms with Crippen molar-refractivity contribution in [3.63, 3.8) is 0 Å². The second-order valence-corrected chi connectivity index (χ2v) is 7.59. The molecule has 0 spiro atoms. The van der Waals surface area contributed by atoms with E-state index in [-0.39, 0.29) is 5.41 Å². The molecule has 22 heavy (non-hydrogen) atoms. The van der Waals surface area contributed by atoms with E-state index >= 15 is 0 Å². The molecule has 1 aliphatic rings. The average Bonchev–Trinajstić information content (AvgIpc) is 2.63. The molecule has 0 amide bonds. The first kappa shape index (κ1) is 15.4. The minimum absolute atomic E-state index is 0.0433. The highest BCUT2D eigenvalue weighted by Crippen LogP contribution is 2.35. The average molecular weight is 318 g/mol. The number of anilines is 1. The highest BCUT2D eigenvalue weighted by Gasteiger charge is 2.28. The Labute approximate surface area is 137 Å². The van der Waals surface area contributed by atoms with E-state index in [2.05, 4.69) is 43.8 Å². The fraction of sp³-hybridized carbons (Fsp3) is 0.500. The van der Waals surface area contributed by atoms with E-state index in [1.54, 1.807) is 0 Å². The summed E-state index contributed by atoms with van der Waals surface area (Å²) in [6, 6.07) is 5.99. The van der Waals surface area contributed by atoms with Crippen LogP contribution in [-0.2, 0) is 11.8 Å². The van der Waals surface area contributed by atoms with Crippen molar-refractivity contribution < 1.29 is 0 Å². The fourth-order valence-corrected chi connectivity index (χ4v) is 3.36. The van der Waals surface area contributed by atoms with Crippen LogP contribution in [0.5, 0.6) is 0 Å². The molecule has 118 valence electrons. The molecule has 1 N–H and O–H groups in total. The van der Waals surface area contributed by atoms with Crippen LogP contribution in [0.1, 0.15) is 50.4 Å². The molecular weight excluding hydrogens is 294 g/mol. The molecule has 1 aliphatic heterocycles. The number of hydrogen-bond acceptors (Lipinski definition) is 2. The van der Waals surface area contributed by atoms with Gasteiger partial charge in [0.25, 0.3) is 0 Å². The van der Waals surface area contributed by atoms with Gasteiger partial charge in [-0.15, -0.1) is 0 Å². The van der Waals surface area contributed by atoms with E-state index < -0.39 is 0 Å². The number of nitrogens with zero attached hydrogens (tertiary/aromatic N) is 2. The molecule has 0 fully saturated rings. The first-order chi connectivity index (χ1) is 10.4. The Bertz CT molecular complexity index is 695. The largest absolute Gasteiger partial charge is 0.370 e. The minimum atomic E-state index is 0.0433. The molecule has 0 saturated carbocycles. The summed E-state index contributed by atoms with van der Waals surface area (Å²) in [4.78, 5) is 0. The number of benzene rings is 1. The maximum absolute atomic E-state index is 6.11. The SMILES string of the molecule is Cc1cc(Cl)ccc1-n1nc(C(C)(C)C)c2c1NCCCC2. The van der Waals surface area contributed by atoms with Crippen molar-refractivity contribution in [1.82, 2.24) is 9.78 Å². The Hall–Kier alpha value is -1.48. The molecule has 2 heterocycles. The summed E-state index contributed by atoms with van der Waals surface area (Å²) in [6.45, 7) is 9.80. The lowest BCUT2D eigenvalue weighted by Gasteiger charge is -2.17. The minimum Gasteiger partial charge on any atom is -0.370 e. The Morgan fingerprint density at radius 2 is 2.00 bits per heavy atom. The van der Waals surface area contributed by atoms with Crippen LogP contribution in [0.3, 0.4) is 0 Å². The molecule has 0 saturated heterocycles. The van der Waals surface area contributed by atoms with Crippen LogP contribution in [0, 0.1) is 6.92 Å². The molecule has 4 heteroatoms. The van der Waals surface area contributed by atoms with Gasteiger partial charge in [0.15, 0.2) is 0 Å². The Kier molecular flexibility index (Phi) is 3.94. The molecule has 0 aliphatic carbocycles. The van der Waals surface area contributed by atoms with Crippen molar-refractivity contribution in [2.75, 3.05) is 11.9 Å².